The summed E-state index contributed by atoms with van der Waals surface area (Å²) in [5.74, 6) is -0.0924. The molecule has 1 aliphatic heterocycles. The van der Waals surface area contributed by atoms with Gasteiger partial charge in [-0.25, -0.2) is 0 Å². The first-order valence-electron chi connectivity index (χ1n) is 8.43. The number of hydrogen-bond acceptors (Lipinski definition) is 3. The summed E-state index contributed by atoms with van der Waals surface area (Å²) in [6.45, 7) is 5.53. The van der Waals surface area contributed by atoms with Gasteiger partial charge in [-0.1, -0.05) is 38.1 Å². The lowest BCUT2D eigenvalue weighted by atomic mass is 9.92. The zero-order chi connectivity index (χ0) is 16.8. The van der Waals surface area contributed by atoms with Crippen molar-refractivity contribution in [3.63, 3.8) is 0 Å². The number of nitrogens with one attached hydrogen (secondary N) is 1. The molecular weight excluding hydrogens is 326 g/mol. The molecule has 0 aliphatic carbocycles. The first-order chi connectivity index (χ1) is 11.1. The third-order valence-electron chi connectivity index (χ3n) is 4.55. The van der Waals surface area contributed by atoms with E-state index in [1.54, 1.807) is 4.90 Å². The van der Waals surface area contributed by atoms with Crippen LogP contribution in [0.25, 0.3) is 0 Å². The van der Waals surface area contributed by atoms with Crippen LogP contribution in [0, 0.1) is 5.92 Å². The Balaban J connectivity index is 0.00000288. The molecule has 0 saturated heterocycles. The van der Waals surface area contributed by atoms with Crippen LogP contribution in [0.4, 0.5) is 0 Å². The predicted octanol–water partition coefficient (Wildman–Crippen LogP) is 1.87. The van der Waals surface area contributed by atoms with Crippen LogP contribution in [0.1, 0.15) is 37.8 Å². The molecule has 1 aromatic carbocycles. The highest BCUT2D eigenvalue weighted by molar-refractivity contribution is 5.89. The molecule has 24 heavy (non-hydrogen) atoms. The van der Waals surface area contributed by atoms with Crippen molar-refractivity contribution in [2.75, 3.05) is 13.1 Å². The Labute approximate surface area is 150 Å². The van der Waals surface area contributed by atoms with Crippen LogP contribution in [0.2, 0.25) is 0 Å². The summed E-state index contributed by atoms with van der Waals surface area (Å²) in [6, 6.07) is 7.61. The van der Waals surface area contributed by atoms with E-state index in [4.69, 9.17) is 5.73 Å². The predicted molar refractivity (Wildman–Crippen MR) is 97.9 cm³/mol. The fourth-order valence-electron chi connectivity index (χ4n) is 2.88. The quantitative estimate of drug-likeness (QED) is 0.767. The van der Waals surface area contributed by atoms with E-state index in [0.717, 1.165) is 24.0 Å². The molecule has 1 heterocycles. The van der Waals surface area contributed by atoms with E-state index in [1.165, 1.54) is 0 Å². The Bertz CT molecular complexity index is 565. The lowest BCUT2D eigenvalue weighted by Crippen LogP contribution is -2.53. The molecule has 0 bridgehead atoms. The van der Waals surface area contributed by atoms with Gasteiger partial charge in [0, 0.05) is 25.4 Å². The Morgan fingerprint density at radius 2 is 2.00 bits per heavy atom. The molecule has 2 unspecified atom stereocenters. The minimum absolute atomic E-state index is 0. The number of rotatable bonds is 6. The van der Waals surface area contributed by atoms with Crippen molar-refractivity contribution in [1.82, 2.24) is 10.2 Å². The lowest BCUT2D eigenvalue weighted by Gasteiger charge is -2.37. The Morgan fingerprint density at radius 3 is 2.62 bits per heavy atom. The van der Waals surface area contributed by atoms with Crippen molar-refractivity contribution in [3.05, 3.63) is 35.4 Å². The second kappa shape index (κ2) is 9.64. The molecular formula is C18H28ClN3O2. The smallest absolute Gasteiger partial charge is 0.243 e. The molecule has 1 aliphatic rings. The van der Waals surface area contributed by atoms with Crippen molar-refractivity contribution in [2.24, 2.45) is 11.7 Å². The summed E-state index contributed by atoms with van der Waals surface area (Å²) in [4.78, 5) is 27.0. The molecule has 0 fully saturated rings. The minimum atomic E-state index is -0.427. The fraction of sp³-hybridized carbons (Fsp3) is 0.556. The molecule has 0 aromatic heterocycles. The van der Waals surface area contributed by atoms with Crippen LogP contribution in [-0.4, -0.2) is 35.8 Å². The van der Waals surface area contributed by atoms with Gasteiger partial charge in [-0.05, 0) is 30.5 Å². The topological polar surface area (TPSA) is 75.4 Å². The molecule has 0 spiro atoms. The second-order valence-electron chi connectivity index (χ2n) is 6.20. The first kappa shape index (κ1) is 20.5. The summed E-state index contributed by atoms with van der Waals surface area (Å²) < 4.78 is 0. The number of carbonyl (C=O) groups is 2. The van der Waals surface area contributed by atoms with Gasteiger partial charge in [0.15, 0.2) is 0 Å². The lowest BCUT2D eigenvalue weighted by molar-refractivity contribution is -0.144. The molecule has 2 rings (SSSR count). The number of nitrogens with zero attached hydrogens (tertiary/aromatic N) is 1. The maximum atomic E-state index is 12.7. The van der Waals surface area contributed by atoms with Crippen molar-refractivity contribution in [3.8, 4) is 0 Å². The third kappa shape index (κ3) is 4.71. The van der Waals surface area contributed by atoms with Gasteiger partial charge >= 0.3 is 0 Å². The van der Waals surface area contributed by atoms with Gasteiger partial charge in [-0.3, -0.25) is 9.59 Å². The standard InChI is InChI=1S/C18H27N3O2.ClH/c1-3-13(2)18(23)21-12-15-8-5-4-7-14(15)11-16(21)17(22)20-10-6-9-19;/h4-5,7-8,13,16H,3,6,9-12,19H2,1-2H3,(H,20,22);1H. The summed E-state index contributed by atoms with van der Waals surface area (Å²) in [7, 11) is 0. The number of fused-ring (bicyclic) bond motifs is 1. The number of carbonyl (C=O) groups excluding carboxylic acids is 2. The number of benzene rings is 1. The SMILES string of the molecule is CCC(C)C(=O)N1Cc2ccccc2CC1C(=O)NCCCN.Cl. The summed E-state index contributed by atoms with van der Waals surface area (Å²) in [6.07, 6.45) is 2.10. The molecule has 134 valence electrons. The number of amides is 2. The van der Waals surface area contributed by atoms with Crippen molar-refractivity contribution >= 4 is 24.2 Å². The molecule has 0 saturated carbocycles. The van der Waals surface area contributed by atoms with Crippen LogP contribution in [0.3, 0.4) is 0 Å². The first-order valence-corrected chi connectivity index (χ1v) is 8.43. The van der Waals surface area contributed by atoms with Crippen LogP contribution >= 0.6 is 12.4 Å². The Hall–Kier alpha value is -1.59. The van der Waals surface area contributed by atoms with Gasteiger partial charge in [0.1, 0.15) is 6.04 Å². The maximum absolute atomic E-state index is 12.7. The highest BCUT2D eigenvalue weighted by Gasteiger charge is 2.35. The van der Waals surface area contributed by atoms with Gasteiger partial charge in [0.2, 0.25) is 11.8 Å². The largest absolute Gasteiger partial charge is 0.354 e. The average molecular weight is 354 g/mol. The Morgan fingerprint density at radius 1 is 1.33 bits per heavy atom. The zero-order valence-electron chi connectivity index (χ0n) is 14.5. The van der Waals surface area contributed by atoms with Crippen LogP contribution in [0.15, 0.2) is 24.3 Å². The zero-order valence-corrected chi connectivity index (χ0v) is 15.3. The van der Waals surface area contributed by atoms with Crippen molar-refractivity contribution < 1.29 is 9.59 Å². The van der Waals surface area contributed by atoms with E-state index >= 15 is 0 Å². The summed E-state index contributed by atoms with van der Waals surface area (Å²) >= 11 is 0. The number of halogens is 1. The van der Waals surface area contributed by atoms with E-state index in [0.29, 0.717) is 26.1 Å². The molecule has 3 N–H and O–H groups in total. The van der Waals surface area contributed by atoms with Crippen LogP contribution in [-0.2, 0) is 22.6 Å². The third-order valence-corrected chi connectivity index (χ3v) is 4.55. The van der Waals surface area contributed by atoms with E-state index < -0.39 is 6.04 Å². The molecule has 6 heteroatoms. The molecule has 5 nitrogen and oxygen atoms in total. The van der Waals surface area contributed by atoms with E-state index in [1.807, 2.05) is 38.1 Å². The normalized spacial score (nSPS) is 17.5. The van der Waals surface area contributed by atoms with Gasteiger partial charge in [0.05, 0.1) is 0 Å². The fourth-order valence-corrected chi connectivity index (χ4v) is 2.88. The molecule has 0 radical (unpaired) electrons. The second-order valence-corrected chi connectivity index (χ2v) is 6.20. The number of nitrogens with two attached hydrogens (primary N) is 1. The number of hydrogen-bond donors (Lipinski definition) is 2. The monoisotopic (exact) mass is 353 g/mol. The van der Waals surface area contributed by atoms with Crippen LogP contribution in [0.5, 0.6) is 0 Å². The molecule has 2 atom stereocenters. The highest BCUT2D eigenvalue weighted by atomic mass is 35.5. The minimum Gasteiger partial charge on any atom is -0.354 e. The van der Waals surface area contributed by atoms with E-state index in [-0.39, 0.29) is 30.1 Å². The van der Waals surface area contributed by atoms with Gasteiger partial charge in [0.25, 0.3) is 0 Å². The highest BCUT2D eigenvalue weighted by Crippen LogP contribution is 2.25. The van der Waals surface area contributed by atoms with Crippen molar-refractivity contribution in [1.29, 1.82) is 0 Å². The van der Waals surface area contributed by atoms with E-state index in [2.05, 4.69) is 5.32 Å². The van der Waals surface area contributed by atoms with E-state index in [9.17, 15) is 9.59 Å². The van der Waals surface area contributed by atoms with Gasteiger partial charge in [-0.2, -0.15) is 0 Å². The summed E-state index contributed by atoms with van der Waals surface area (Å²) in [5.41, 5.74) is 7.76. The van der Waals surface area contributed by atoms with Gasteiger partial charge < -0.3 is 16.0 Å². The Kier molecular flexibility index (Phi) is 8.22. The maximum Gasteiger partial charge on any atom is 0.243 e. The molecule has 2 amide bonds. The van der Waals surface area contributed by atoms with Crippen LogP contribution < -0.4 is 11.1 Å². The average Bonchev–Trinajstić information content (AvgIpc) is 2.59. The van der Waals surface area contributed by atoms with Gasteiger partial charge in [-0.15, -0.1) is 12.4 Å². The molecule has 1 aromatic rings. The van der Waals surface area contributed by atoms with Crippen molar-refractivity contribution in [2.45, 2.75) is 45.7 Å². The summed E-state index contributed by atoms with van der Waals surface area (Å²) in [5, 5.41) is 2.91.